The van der Waals surface area contributed by atoms with Crippen LogP contribution in [0, 0.1) is 0 Å². The summed E-state index contributed by atoms with van der Waals surface area (Å²) in [5, 5.41) is 9.21. The van der Waals surface area contributed by atoms with E-state index in [0.717, 1.165) is 5.56 Å². The molecule has 1 N–H and O–H groups in total. The Morgan fingerprint density at radius 3 is 3.00 bits per heavy atom. The third kappa shape index (κ3) is 3.38. The molecular weight excluding hydrogens is 352 g/mol. The van der Waals surface area contributed by atoms with Crippen molar-refractivity contribution in [2.24, 2.45) is 0 Å². The minimum atomic E-state index is -0.290. The van der Waals surface area contributed by atoms with Crippen molar-refractivity contribution in [2.45, 2.75) is 13.1 Å². The Hall–Kier alpha value is -3.33. The van der Waals surface area contributed by atoms with Gasteiger partial charge in [0.05, 0.1) is 18.3 Å². The van der Waals surface area contributed by atoms with Gasteiger partial charge in [-0.15, -0.1) is 11.3 Å². The second-order valence-corrected chi connectivity index (χ2v) is 6.55. The molecule has 0 atom stereocenters. The van der Waals surface area contributed by atoms with Gasteiger partial charge in [-0.2, -0.15) is 5.10 Å². The minimum Gasteiger partial charge on any atom is -0.325 e. The molecule has 0 unspecified atom stereocenters. The van der Waals surface area contributed by atoms with E-state index in [9.17, 15) is 9.59 Å². The van der Waals surface area contributed by atoms with Gasteiger partial charge in [-0.1, -0.05) is 12.1 Å². The Kier molecular flexibility index (Phi) is 4.28. The normalized spacial score (nSPS) is 10.9. The average molecular weight is 366 g/mol. The van der Waals surface area contributed by atoms with Crippen molar-refractivity contribution in [2.75, 3.05) is 5.32 Å². The highest BCUT2D eigenvalue weighted by Crippen LogP contribution is 2.14. The van der Waals surface area contributed by atoms with Crippen LogP contribution in [0.3, 0.4) is 0 Å². The molecule has 0 saturated heterocycles. The summed E-state index contributed by atoms with van der Waals surface area (Å²) in [5.41, 5.74) is 1.42. The summed E-state index contributed by atoms with van der Waals surface area (Å²) in [6, 6.07) is 9.18. The number of nitrogens with zero attached hydrogens (tertiary/aromatic N) is 5. The average Bonchev–Trinajstić information content (AvgIpc) is 3.29. The highest BCUT2D eigenvalue weighted by molar-refractivity contribution is 7.16. The first-order valence-electron chi connectivity index (χ1n) is 7.83. The lowest BCUT2D eigenvalue weighted by Gasteiger charge is -2.09. The zero-order valence-electron chi connectivity index (χ0n) is 13.6. The van der Waals surface area contributed by atoms with E-state index < -0.39 is 0 Å². The number of hydrogen-bond donors (Lipinski definition) is 1. The number of amides is 1. The molecule has 9 heteroatoms. The van der Waals surface area contributed by atoms with Crippen LogP contribution in [0.25, 0.3) is 10.2 Å². The molecule has 8 nitrogen and oxygen atoms in total. The number of thiophene rings is 1. The maximum Gasteiger partial charge on any atom is 0.262 e. The van der Waals surface area contributed by atoms with Gasteiger partial charge in [0.2, 0.25) is 5.91 Å². The third-order valence-corrected chi connectivity index (χ3v) is 4.61. The topological polar surface area (TPSA) is 94.7 Å². The van der Waals surface area contributed by atoms with E-state index in [1.165, 1.54) is 28.6 Å². The molecule has 0 aliphatic rings. The molecule has 0 spiro atoms. The summed E-state index contributed by atoms with van der Waals surface area (Å²) in [7, 11) is 0. The summed E-state index contributed by atoms with van der Waals surface area (Å²) in [6.07, 6.45) is 4.51. The van der Waals surface area contributed by atoms with Crippen molar-refractivity contribution in [3.8, 4) is 0 Å². The van der Waals surface area contributed by atoms with Gasteiger partial charge in [0.25, 0.3) is 5.56 Å². The molecule has 0 bridgehead atoms. The van der Waals surface area contributed by atoms with Crippen LogP contribution in [0.15, 0.2) is 59.5 Å². The van der Waals surface area contributed by atoms with Crippen molar-refractivity contribution < 1.29 is 4.79 Å². The highest BCUT2D eigenvalue weighted by atomic mass is 32.1. The zero-order valence-corrected chi connectivity index (χ0v) is 14.4. The molecule has 0 radical (unpaired) electrons. The van der Waals surface area contributed by atoms with Crippen LogP contribution >= 0.6 is 11.3 Å². The molecule has 0 aliphatic heterocycles. The molecule has 0 fully saturated rings. The van der Waals surface area contributed by atoms with Gasteiger partial charge in [-0.25, -0.2) is 14.6 Å². The van der Waals surface area contributed by atoms with Gasteiger partial charge in [-0.05, 0) is 29.1 Å². The second-order valence-electron chi connectivity index (χ2n) is 5.66. The second kappa shape index (κ2) is 6.89. The fourth-order valence-electron chi connectivity index (χ4n) is 2.61. The van der Waals surface area contributed by atoms with Gasteiger partial charge in [0.1, 0.15) is 24.0 Å². The summed E-state index contributed by atoms with van der Waals surface area (Å²) in [4.78, 5) is 33.4. The number of carbonyl (C=O) groups is 1. The first-order valence-corrected chi connectivity index (χ1v) is 8.71. The molecule has 1 amide bonds. The van der Waals surface area contributed by atoms with Gasteiger partial charge in [0, 0.05) is 5.69 Å². The number of nitrogens with one attached hydrogen (secondary N) is 1. The first kappa shape index (κ1) is 16.2. The fourth-order valence-corrected chi connectivity index (χ4v) is 3.33. The van der Waals surface area contributed by atoms with Gasteiger partial charge >= 0.3 is 0 Å². The fraction of sp³-hybridized carbons (Fsp3) is 0.118. The Balaban J connectivity index is 1.47. The van der Waals surface area contributed by atoms with Crippen LogP contribution in [0.5, 0.6) is 0 Å². The summed E-state index contributed by atoms with van der Waals surface area (Å²) in [6.45, 7) is 0.465. The monoisotopic (exact) mass is 366 g/mol. The van der Waals surface area contributed by atoms with Crippen molar-refractivity contribution >= 4 is 33.1 Å². The van der Waals surface area contributed by atoms with E-state index in [2.05, 4.69) is 20.4 Å². The Bertz CT molecular complexity index is 1120. The van der Waals surface area contributed by atoms with E-state index in [1.807, 2.05) is 23.6 Å². The van der Waals surface area contributed by atoms with E-state index >= 15 is 0 Å². The Morgan fingerprint density at radius 2 is 2.15 bits per heavy atom. The Labute approximate surface area is 151 Å². The molecule has 130 valence electrons. The number of rotatable bonds is 5. The van der Waals surface area contributed by atoms with Crippen molar-refractivity contribution in [1.29, 1.82) is 0 Å². The predicted molar refractivity (Wildman–Crippen MR) is 98.1 cm³/mol. The SMILES string of the molecule is O=C(Cn1cnc2sccc2c1=O)Nc1cccc(Cn2cncn2)c1. The molecule has 26 heavy (non-hydrogen) atoms. The molecule has 4 rings (SSSR count). The van der Waals surface area contributed by atoms with E-state index in [4.69, 9.17) is 0 Å². The van der Waals surface area contributed by atoms with E-state index in [1.54, 1.807) is 23.1 Å². The van der Waals surface area contributed by atoms with Crippen LogP contribution in [0.2, 0.25) is 0 Å². The molecular formula is C17H14N6O2S. The van der Waals surface area contributed by atoms with Gasteiger partial charge < -0.3 is 5.32 Å². The van der Waals surface area contributed by atoms with Crippen LogP contribution in [0.4, 0.5) is 5.69 Å². The molecule has 4 aromatic rings. The molecule has 0 aliphatic carbocycles. The molecule has 3 aromatic heterocycles. The number of fused-ring (bicyclic) bond motifs is 1. The lowest BCUT2D eigenvalue weighted by atomic mass is 10.2. The van der Waals surface area contributed by atoms with Crippen LogP contribution < -0.4 is 10.9 Å². The lowest BCUT2D eigenvalue weighted by Crippen LogP contribution is -2.27. The first-order chi connectivity index (χ1) is 12.7. The summed E-state index contributed by atoms with van der Waals surface area (Å²) < 4.78 is 3.01. The highest BCUT2D eigenvalue weighted by Gasteiger charge is 2.09. The number of benzene rings is 1. The van der Waals surface area contributed by atoms with Gasteiger partial charge in [0.15, 0.2) is 0 Å². The summed E-state index contributed by atoms with van der Waals surface area (Å²) in [5.74, 6) is -0.290. The van der Waals surface area contributed by atoms with Crippen LogP contribution in [-0.4, -0.2) is 30.2 Å². The largest absolute Gasteiger partial charge is 0.325 e. The van der Waals surface area contributed by atoms with Crippen molar-refractivity contribution in [1.82, 2.24) is 24.3 Å². The minimum absolute atomic E-state index is 0.0923. The summed E-state index contributed by atoms with van der Waals surface area (Å²) >= 11 is 1.40. The zero-order chi connectivity index (χ0) is 17.9. The molecule has 1 aromatic carbocycles. The smallest absolute Gasteiger partial charge is 0.262 e. The number of aromatic nitrogens is 5. The molecule has 3 heterocycles. The predicted octanol–water partition coefficient (Wildman–Crippen LogP) is 1.74. The number of hydrogen-bond acceptors (Lipinski definition) is 6. The van der Waals surface area contributed by atoms with Crippen LogP contribution in [0.1, 0.15) is 5.56 Å². The standard InChI is InChI=1S/C17H14N6O2S/c24-15(8-22-11-19-16-14(17(22)25)4-5-26-16)21-13-3-1-2-12(6-13)7-23-10-18-9-20-23/h1-6,9-11H,7-8H2,(H,21,24). The van der Waals surface area contributed by atoms with Crippen LogP contribution in [-0.2, 0) is 17.9 Å². The van der Waals surface area contributed by atoms with Gasteiger partial charge in [-0.3, -0.25) is 14.2 Å². The van der Waals surface area contributed by atoms with E-state index in [0.29, 0.717) is 22.4 Å². The number of carbonyl (C=O) groups excluding carboxylic acids is 1. The maximum absolute atomic E-state index is 12.3. The quantitative estimate of drug-likeness (QED) is 0.580. The van der Waals surface area contributed by atoms with E-state index in [-0.39, 0.29) is 18.0 Å². The lowest BCUT2D eigenvalue weighted by molar-refractivity contribution is -0.116. The van der Waals surface area contributed by atoms with Crippen molar-refractivity contribution in [3.05, 3.63) is 70.6 Å². The third-order valence-electron chi connectivity index (χ3n) is 3.79. The maximum atomic E-state index is 12.3. The van der Waals surface area contributed by atoms with Crippen molar-refractivity contribution in [3.63, 3.8) is 0 Å². The Morgan fingerprint density at radius 1 is 1.23 bits per heavy atom. The number of anilines is 1. The molecule has 0 saturated carbocycles.